The molecule has 7 rings (SSSR count). The molecule has 42 heavy (non-hydrogen) atoms. The summed E-state index contributed by atoms with van der Waals surface area (Å²) in [6, 6.07) is 36.9. The fourth-order valence-corrected chi connectivity index (χ4v) is 6.31. The fraction of sp³-hybridized carbons (Fsp3) is 0.162. The highest BCUT2D eigenvalue weighted by molar-refractivity contribution is 5.97. The van der Waals surface area contributed by atoms with Crippen LogP contribution in [0.25, 0.3) is 0 Å². The number of aryl methyl sites for hydroxylation is 2. The van der Waals surface area contributed by atoms with Crippen molar-refractivity contribution >= 4 is 28.7 Å². The molecule has 1 unspecified atom stereocenters. The molecule has 0 saturated heterocycles. The van der Waals surface area contributed by atoms with Crippen molar-refractivity contribution < 1.29 is 14.3 Å². The van der Waals surface area contributed by atoms with Gasteiger partial charge in [-0.1, -0.05) is 54.1 Å². The quantitative estimate of drug-likeness (QED) is 0.204. The smallest absolute Gasteiger partial charge is 0.340 e. The number of benzene rings is 5. The molecule has 5 nitrogen and oxygen atoms in total. The topological polar surface area (TPSA) is 42.0 Å². The minimum Gasteiger partial charge on any atom is -0.456 e. The van der Waals surface area contributed by atoms with Gasteiger partial charge in [0, 0.05) is 59.1 Å². The van der Waals surface area contributed by atoms with Crippen LogP contribution in [0.15, 0.2) is 109 Å². The lowest BCUT2D eigenvalue weighted by atomic mass is 9.77. The van der Waals surface area contributed by atoms with Gasteiger partial charge in [-0.3, -0.25) is 0 Å². The molecule has 1 spiro atoms. The largest absolute Gasteiger partial charge is 0.456 e. The van der Waals surface area contributed by atoms with E-state index in [1.807, 2.05) is 49.5 Å². The Kier molecular flexibility index (Phi) is 6.05. The van der Waals surface area contributed by atoms with Crippen molar-refractivity contribution in [3.8, 4) is 11.5 Å². The third-order valence-corrected chi connectivity index (χ3v) is 8.47. The summed E-state index contributed by atoms with van der Waals surface area (Å²) in [4.78, 5) is 17.8. The maximum atomic E-state index is 13.4. The number of rotatable bonds is 5. The van der Waals surface area contributed by atoms with Crippen LogP contribution in [0, 0.1) is 13.8 Å². The van der Waals surface area contributed by atoms with Gasteiger partial charge in [-0.2, -0.15) is 0 Å². The summed E-state index contributed by atoms with van der Waals surface area (Å²) < 4.78 is 13.2. The van der Waals surface area contributed by atoms with Gasteiger partial charge in [0.25, 0.3) is 0 Å². The van der Waals surface area contributed by atoms with E-state index in [4.69, 9.17) is 9.47 Å². The zero-order valence-electron chi connectivity index (χ0n) is 24.2. The van der Waals surface area contributed by atoms with Crippen LogP contribution in [-0.4, -0.2) is 19.6 Å². The Hall–Kier alpha value is -5.03. The molecule has 0 amide bonds. The van der Waals surface area contributed by atoms with Crippen molar-refractivity contribution in [1.29, 1.82) is 0 Å². The molecule has 2 aliphatic heterocycles. The lowest BCUT2D eigenvalue weighted by Gasteiger charge is -2.38. The Morgan fingerprint density at radius 2 is 1.40 bits per heavy atom. The average Bonchev–Trinajstić information content (AvgIpc) is 3.31. The summed E-state index contributed by atoms with van der Waals surface area (Å²) in [5.74, 6) is 1.07. The highest BCUT2D eigenvalue weighted by Gasteiger charge is 2.54. The molecule has 5 aromatic rings. The van der Waals surface area contributed by atoms with Crippen LogP contribution in [-0.2, 0) is 10.3 Å². The molecular weight excluding hydrogens is 520 g/mol. The van der Waals surface area contributed by atoms with E-state index in [1.165, 1.54) is 5.56 Å². The molecule has 5 heteroatoms. The third kappa shape index (κ3) is 3.88. The molecule has 0 bridgehead atoms. The highest BCUT2D eigenvalue weighted by Crippen LogP contribution is 2.58. The summed E-state index contributed by atoms with van der Waals surface area (Å²) >= 11 is 0. The van der Waals surface area contributed by atoms with Crippen LogP contribution in [0.5, 0.6) is 11.5 Å². The molecule has 0 aromatic heterocycles. The van der Waals surface area contributed by atoms with Gasteiger partial charge in [-0.05, 0) is 80.9 Å². The Bertz CT molecular complexity index is 1830. The van der Waals surface area contributed by atoms with E-state index in [9.17, 15) is 4.79 Å². The van der Waals surface area contributed by atoms with Crippen molar-refractivity contribution in [2.75, 3.05) is 23.4 Å². The first kappa shape index (κ1) is 25.9. The van der Waals surface area contributed by atoms with Crippen LogP contribution in [0.4, 0.5) is 22.7 Å². The van der Waals surface area contributed by atoms with Crippen molar-refractivity contribution in [3.63, 3.8) is 0 Å². The molecule has 0 saturated carbocycles. The van der Waals surface area contributed by atoms with E-state index >= 15 is 0 Å². The first-order valence-electron chi connectivity index (χ1n) is 14.3. The van der Waals surface area contributed by atoms with Crippen LogP contribution >= 0.6 is 0 Å². The van der Waals surface area contributed by atoms with Crippen molar-refractivity contribution in [1.82, 2.24) is 0 Å². The molecule has 2 aliphatic rings. The molecule has 208 valence electrons. The number of hydrogen-bond acceptors (Lipinski definition) is 5. The van der Waals surface area contributed by atoms with Gasteiger partial charge < -0.3 is 19.3 Å². The molecule has 0 N–H and O–H groups in total. The van der Waals surface area contributed by atoms with E-state index in [0.29, 0.717) is 17.1 Å². The molecule has 0 fully saturated rings. The zero-order chi connectivity index (χ0) is 29.0. The third-order valence-electron chi connectivity index (χ3n) is 8.47. The second kappa shape index (κ2) is 9.81. The maximum absolute atomic E-state index is 13.4. The predicted molar refractivity (Wildman–Crippen MR) is 168 cm³/mol. The molecular formula is C37H32N2O3. The molecule has 2 heterocycles. The number of ether oxygens (including phenoxy) is 2. The predicted octanol–water partition coefficient (Wildman–Crippen LogP) is 8.80. The van der Waals surface area contributed by atoms with Crippen LogP contribution in [0.3, 0.4) is 0 Å². The summed E-state index contributed by atoms with van der Waals surface area (Å²) in [5, 5.41) is 0. The number of carbonyl (C=O) groups excluding carboxylic acids is 1. The average molecular weight is 553 g/mol. The minimum absolute atomic E-state index is 0.331. The summed E-state index contributed by atoms with van der Waals surface area (Å²) in [7, 11) is 2.05. The highest BCUT2D eigenvalue weighted by atomic mass is 16.6. The number of hydrogen-bond donors (Lipinski definition) is 0. The van der Waals surface area contributed by atoms with E-state index < -0.39 is 5.60 Å². The SMILES string of the molecule is CCN(c1ccc(C)cc1)c1ccc2c(c1)Oc1c(C)cc(N(C)c3ccccc3)cc1C21OC(=O)c2ccccc21. The van der Waals surface area contributed by atoms with Crippen LogP contribution in [0.1, 0.15) is 45.1 Å². The Morgan fingerprint density at radius 1 is 0.690 bits per heavy atom. The first-order valence-corrected chi connectivity index (χ1v) is 14.3. The number of anilines is 4. The summed E-state index contributed by atoms with van der Waals surface area (Å²) in [5.41, 5.74) is 8.27. The fourth-order valence-electron chi connectivity index (χ4n) is 6.31. The van der Waals surface area contributed by atoms with Gasteiger partial charge in [-0.15, -0.1) is 0 Å². The molecule has 0 aliphatic carbocycles. The van der Waals surface area contributed by atoms with Crippen molar-refractivity contribution in [2.45, 2.75) is 26.4 Å². The van der Waals surface area contributed by atoms with Gasteiger partial charge in [0.05, 0.1) is 5.56 Å². The summed E-state index contributed by atoms with van der Waals surface area (Å²) in [6.45, 7) is 7.07. The normalized spacial score (nSPS) is 16.2. The van der Waals surface area contributed by atoms with E-state index in [-0.39, 0.29) is 5.97 Å². The number of para-hydroxylation sites is 1. The molecule has 0 radical (unpaired) electrons. The second-order valence-electron chi connectivity index (χ2n) is 11.0. The molecule has 1 atom stereocenters. The summed E-state index contributed by atoms with van der Waals surface area (Å²) in [6.07, 6.45) is 0. The zero-order valence-corrected chi connectivity index (χ0v) is 24.2. The van der Waals surface area contributed by atoms with Gasteiger partial charge in [0.1, 0.15) is 11.5 Å². The van der Waals surface area contributed by atoms with Gasteiger partial charge in [0.2, 0.25) is 0 Å². The number of nitrogens with zero attached hydrogens (tertiary/aromatic N) is 2. The van der Waals surface area contributed by atoms with Crippen molar-refractivity contribution in [3.05, 3.63) is 143 Å². The van der Waals surface area contributed by atoms with Crippen LogP contribution < -0.4 is 14.5 Å². The lowest BCUT2D eigenvalue weighted by molar-refractivity contribution is 0.0224. The van der Waals surface area contributed by atoms with Crippen molar-refractivity contribution in [2.24, 2.45) is 0 Å². The number of fused-ring (bicyclic) bond motifs is 6. The van der Waals surface area contributed by atoms with E-state index in [2.05, 4.69) is 97.3 Å². The second-order valence-corrected chi connectivity index (χ2v) is 11.0. The van der Waals surface area contributed by atoms with Gasteiger partial charge in [0.15, 0.2) is 5.60 Å². The van der Waals surface area contributed by atoms with E-state index in [0.717, 1.165) is 51.5 Å². The maximum Gasteiger partial charge on any atom is 0.340 e. The first-order chi connectivity index (χ1) is 20.4. The minimum atomic E-state index is -1.13. The van der Waals surface area contributed by atoms with Gasteiger partial charge >= 0.3 is 5.97 Å². The van der Waals surface area contributed by atoms with E-state index in [1.54, 1.807) is 0 Å². The van der Waals surface area contributed by atoms with Crippen LogP contribution in [0.2, 0.25) is 0 Å². The van der Waals surface area contributed by atoms with Gasteiger partial charge in [-0.25, -0.2) is 4.79 Å². The standard InChI is InChI=1S/C37H32N2O3/c1-5-39(27-17-15-24(2)16-18-27)28-19-20-32-34(23-28)41-35-25(3)21-29(38(4)26-11-7-6-8-12-26)22-33(35)37(32)31-14-10-9-13-30(31)36(40)42-37/h6-23H,5H2,1-4H3. The Balaban J connectivity index is 1.43. The monoisotopic (exact) mass is 552 g/mol. The Morgan fingerprint density at radius 3 is 2.17 bits per heavy atom. The molecule has 5 aromatic carbocycles. The number of esters is 1. The Labute approximate surface area is 246 Å². The number of carbonyl (C=O) groups is 1. The lowest BCUT2D eigenvalue weighted by Crippen LogP contribution is -2.33.